The number of amides is 1. The number of para-hydroxylation sites is 1. The second kappa shape index (κ2) is 11.5. The average molecular weight is 479 g/mol. The summed E-state index contributed by atoms with van der Waals surface area (Å²) in [6.45, 7) is -0.0193. The molecule has 2 aromatic rings. The van der Waals surface area contributed by atoms with Gasteiger partial charge in [0.15, 0.2) is 0 Å². The van der Waals surface area contributed by atoms with E-state index >= 15 is 0 Å². The van der Waals surface area contributed by atoms with Crippen molar-refractivity contribution in [3.63, 3.8) is 0 Å². The van der Waals surface area contributed by atoms with Gasteiger partial charge in [-0.15, -0.1) is 0 Å². The Bertz CT molecular complexity index is 1040. The van der Waals surface area contributed by atoms with E-state index in [-0.39, 0.29) is 29.6 Å². The van der Waals surface area contributed by atoms with Crippen LogP contribution in [0.25, 0.3) is 0 Å². The minimum Gasteiger partial charge on any atom is -0.497 e. The van der Waals surface area contributed by atoms with Crippen LogP contribution in [0.2, 0.25) is 0 Å². The van der Waals surface area contributed by atoms with Crippen LogP contribution in [0.3, 0.4) is 0 Å². The maximum Gasteiger partial charge on any atom is 0.244 e. The lowest BCUT2D eigenvalue weighted by Gasteiger charge is -2.35. The van der Waals surface area contributed by atoms with E-state index in [1.165, 1.54) is 13.2 Å². The van der Waals surface area contributed by atoms with Gasteiger partial charge in [0, 0.05) is 6.54 Å². The highest BCUT2D eigenvalue weighted by Gasteiger charge is 2.35. The standard InChI is InChI=1S/C23H30N2O7S/c1-30-17-7-5-6-16(12-17)14-24-23(27)13-18-10-11-19(21(15-26)32-18)25-33(28,29)22-9-4-3-8-20(22)31-2/h3-9,12,18-19,21,25-26H,10-11,13-15H2,1-2H3,(H,24,27)/t18-,19-,21-/m1/s1. The van der Waals surface area contributed by atoms with Crippen LogP contribution in [-0.4, -0.2) is 58.5 Å². The average Bonchev–Trinajstić information content (AvgIpc) is 2.83. The van der Waals surface area contributed by atoms with Gasteiger partial charge in [0.2, 0.25) is 15.9 Å². The normalized spacial score (nSPS) is 20.8. The molecule has 3 N–H and O–H groups in total. The molecule has 0 aromatic heterocycles. The maximum atomic E-state index is 12.9. The first-order valence-electron chi connectivity index (χ1n) is 10.7. The summed E-state index contributed by atoms with van der Waals surface area (Å²) in [6, 6.07) is 13.1. The summed E-state index contributed by atoms with van der Waals surface area (Å²) < 4.78 is 44.5. The van der Waals surface area contributed by atoms with Crippen LogP contribution in [0.1, 0.15) is 24.8 Å². The zero-order valence-corrected chi connectivity index (χ0v) is 19.5. The van der Waals surface area contributed by atoms with Gasteiger partial charge >= 0.3 is 0 Å². The van der Waals surface area contributed by atoms with Gasteiger partial charge in [-0.05, 0) is 42.7 Å². The summed E-state index contributed by atoms with van der Waals surface area (Å²) in [7, 11) is -0.903. The minimum atomic E-state index is -3.89. The van der Waals surface area contributed by atoms with Crippen molar-refractivity contribution in [1.82, 2.24) is 10.0 Å². The fraction of sp³-hybridized carbons (Fsp3) is 0.435. The first kappa shape index (κ1) is 25.0. The first-order chi connectivity index (χ1) is 15.9. The molecule has 0 aliphatic carbocycles. The molecule has 1 fully saturated rings. The van der Waals surface area contributed by atoms with Gasteiger partial charge in [-0.3, -0.25) is 4.79 Å². The third kappa shape index (κ3) is 6.67. The molecule has 3 rings (SSSR count). The Labute approximate surface area is 194 Å². The number of hydrogen-bond acceptors (Lipinski definition) is 7. The second-order valence-corrected chi connectivity index (χ2v) is 9.45. The van der Waals surface area contributed by atoms with E-state index in [0.29, 0.717) is 25.1 Å². The number of benzene rings is 2. The number of carbonyl (C=O) groups is 1. The smallest absolute Gasteiger partial charge is 0.244 e. The Kier molecular flexibility index (Phi) is 8.67. The van der Waals surface area contributed by atoms with Crippen molar-refractivity contribution < 1.29 is 32.5 Å². The van der Waals surface area contributed by atoms with Gasteiger partial charge in [-0.25, -0.2) is 13.1 Å². The number of hydrogen-bond donors (Lipinski definition) is 3. The lowest BCUT2D eigenvalue weighted by Crippen LogP contribution is -2.51. The van der Waals surface area contributed by atoms with Crippen LogP contribution in [0.15, 0.2) is 53.4 Å². The van der Waals surface area contributed by atoms with Crippen molar-refractivity contribution in [3.8, 4) is 11.5 Å². The molecule has 1 aliphatic heterocycles. The number of aliphatic hydroxyl groups is 1. The van der Waals surface area contributed by atoms with Crippen LogP contribution in [0.5, 0.6) is 11.5 Å². The number of rotatable bonds is 10. The Morgan fingerprint density at radius 2 is 1.91 bits per heavy atom. The third-order valence-corrected chi connectivity index (χ3v) is 7.03. The number of nitrogens with one attached hydrogen (secondary N) is 2. The van der Waals surface area contributed by atoms with Crippen LogP contribution < -0.4 is 19.5 Å². The summed E-state index contributed by atoms with van der Waals surface area (Å²) in [4.78, 5) is 12.4. The Morgan fingerprint density at radius 1 is 1.12 bits per heavy atom. The molecule has 0 spiro atoms. The molecule has 33 heavy (non-hydrogen) atoms. The predicted molar refractivity (Wildman–Crippen MR) is 122 cm³/mol. The highest BCUT2D eigenvalue weighted by atomic mass is 32.2. The van der Waals surface area contributed by atoms with Crippen molar-refractivity contribution in [2.24, 2.45) is 0 Å². The fourth-order valence-corrected chi connectivity index (χ4v) is 5.25. The number of ether oxygens (including phenoxy) is 3. The molecule has 0 unspecified atom stereocenters. The van der Waals surface area contributed by atoms with Crippen LogP contribution >= 0.6 is 0 Å². The Balaban J connectivity index is 1.55. The fourth-order valence-electron chi connectivity index (χ4n) is 3.78. The molecule has 3 atom stereocenters. The van der Waals surface area contributed by atoms with Crippen LogP contribution in [0.4, 0.5) is 0 Å². The quantitative estimate of drug-likeness (QED) is 0.474. The van der Waals surface area contributed by atoms with Crippen molar-refractivity contribution >= 4 is 15.9 Å². The monoisotopic (exact) mass is 478 g/mol. The molecule has 9 nitrogen and oxygen atoms in total. The van der Waals surface area contributed by atoms with E-state index in [4.69, 9.17) is 14.2 Å². The van der Waals surface area contributed by atoms with Gasteiger partial charge in [-0.2, -0.15) is 0 Å². The number of carbonyl (C=O) groups excluding carboxylic acids is 1. The SMILES string of the molecule is COc1cccc(CNC(=O)C[C@H]2CC[C@@H](NS(=O)(=O)c3ccccc3OC)[C@@H](CO)O2)c1. The number of sulfonamides is 1. The van der Waals surface area contributed by atoms with Crippen molar-refractivity contribution in [1.29, 1.82) is 0 Å². The van der Waals surface area contributed by atoms with Crippen LogP contribution in [0, 0.1) is 0 Å². The van der Waals surface area contributed by atoms with Crippen molar-refractivity contribution in [2.75, 3.05) is 20.8 Å². The lowest BCUT2D eigenvalue weighted by atomic mass is 9.98. The molecule has 180 valence electrons. The molecular weight excluding hydrogens is 448 g/mol. The van der Waals surface area contributed by atoms with Gasteiger partial charge < -0.3 is 24.6 Å². The lowest BCUT2D eigenvalue weighted by molar-refractivity contribution is -0.130. The molecule has 0 bridgehead atoms. The van der Waals surface area contributed by atoms with E-state index < -0.39 is 28.3 Å². The number of aliphatic hydroxyl groups excluding tert-OH is 1. The largest absolute Gasteiger partial charge is 0.497 e. The van der Waals surface area contributed by atoms with Gasteiger partial charge in [0.05, 0.1) is 45.5 Å². The highest BCUT2D eigenvalue weighted by molar-refractivity contribution is 7.89. The van der Waals surface area contributed by atoms with E-state index in [0.717, 1.165) is 5.56 Å². The Hall–Kier alpha value is -2.66. The van der Waals surface area contributed by atoms with E-state index in [1.807, 2.05) is 24.3 Å². The van der Waals surface area contributed by atoms with Gasteiger partial charge in [-0.1, -0.05) is 24.3 Å². The maximum absolute atomic E-state index is 12.9. The molecule has 1 saturated heterocycles. The van der Waals surface area contributed by atoms with E-state index in [9.17, 15) is 18.3 Å². The molecule has 1 aliphatic rings. The zero-order valence-electron chi connectivity index (χ0n) is 18.7. The zero-order chi connectivity index (χ0) is 23.8. The van der Waals surface area contributed by atoms with Gasteiger partial charge in [0.25, 0.3) is 0 Å². The highest BCUT2D eigenvalue weighted by Crippen LogP contribution is 2.27. The Morgan fingerprint density at radius 3 is 2.64 bits per heavy atom. The van der Waals surface area contributed by atoms with Gasteiger partial charge in [0.1, 0.15) is 16.4 Å². The molecule has 1 amide bonds. The van der Waals surface area contributed by atoms with Crippen LogP contribution in [-0.2, 0) is 26.1 Å². The van der Waals surface area contributed by atoms with E-state index in [1.54, 1.807) is 25.3 Å². The van der Waals surface area contributed by atoms with E-state index in [2.05, 4.69) is 10.0 Å². The molecule has 10 heteroatoms. The van der Waals surface area contributed by atoms with Crippen molar-refractivity contribution in [2.45, 2.75) is 49.0 Å². The van der Waals surface area contributed by atoms with Crippen molar-refractivity contribution in [3.05, 3.63) is 54.1 Å². The molecule has 0 radical (unpaired) electrons. The predicted octanol–water partition coefficient (Wildman–Crippen LogP) is 1.60. The molecule has 1 heterocycles. The summed E-state index contributed by atoms with van der Waals surface area (Å²) >= 11 is 0. The second-order valence-electron chi connectivity index (χ2n) is 7.77. The summed E-state index contributed by atoms with van der Waals surface area (Å²) in [6.07, 6.45) is -0.166. The molecule has 2 aromatic carbocycles. The summed E-state index contributed by atoms with van der Waals surface area (Å²) in [5.41, 5.74) is 0.909. The topological polar surface area (TPSA) is 123 Å². The number of methoxy groups -OCH3 is 2. The summed E-state index contributed by atoms with van der Waals surface area (Å²) in [5, 5.41) is 12.6. The molecular formula is C23H30N2O7S. The third-order valence-electron chi connectivity index (χ3n) is 5.50. The molecule has 0 saturated carbocycles. The minimum absolute atomic E-state index is 0.0169. The summed E-state index contributed by atoms with van der Waals surface area (Å²) in [5.74, 6) is 0.755. The first-order valence-corrected chi connectivity index (χ1v) is 12.2.